The molecule has 0 aromatic rings. The van der Waals surface area contributed by atoms with E-state index in [0.29, 0.717) is 6.54 Å². The summed E-state index contributed by atoms with van der Waals surface area (Å²) < 4.78 is 5.12. The van der Waals surface area contributed by atoms with Gasteiger partial charge in [-0.05, 0) is 31.8 Å². The predicted octanol–water partition coefficient (Wildman–Crippen LogP) is 3.67. The molecule has 1 amide bonds. The molecule has 0 radical (unpaired) electrons. The van der Waals surface area contributed by atoms with Gasteiger partial charge in [0.05, 0.1) is 0 Å². The predicted molar refractivity (Wildman–Crippen MR) is 72.0 cm³/mol. The summed E-state index contributed by atoms with van der Waals surface area (Å²) in [5.41, 5.74) is 0.507. The maximum Gasteiger partial charge on any atom is 0.407 e. The summed E-state index contributed by atoms with van der Waals surface area (Å²) >= 11 is 0. The van der Waals surface area contributed by atoms with Crippen molar-refractivity contribution in [2.45, 2.75) is 47.1 Å². The number of carbonyl (C=O) groups excluding carboxylic acids is 1. The first-order valence-electron chi connectivity index (χ1n) is 5.83. The molecule has 0 aliphatic heterocycles. The third kappa shape index (κ3) is 11.0. The van der Waals surface area contributed by atoms with Crippen molar-refractivity contribution < 1.29 is 9.53 Å². The van der Waals surface area contributed by atoms with Gasteiger partial charge in [-0.2, -0.15) is 0 Å². The highest BCUT2D eigenvalue weighted by atomic mass is 16.6. The Morgan fingerprint density at radius 2 is 1.76 bits per heavy atom. The van der Waals surface area contributed by atoms with Gasteiger partial charge in [0, 0.05) is 6.54 Å². The first-order valence-corrected chi connectivity index (χ1v) is 5.83. The Morgan fingerprint density at radius 1 is 1.24 bits per heavy atom. The molecule has 1 N–H and O–H groups in total. The van der Waals surface area contributed by atoms with E-state index in [2.05, 4.69) is 38.7 Å². The van der Waals surface area contributed by atoms with E-state index < -0.39 is 11.7 Å². The number of carbonyl (C=O) groups is 1. The van der Waals surface area contributed by atoms with E-state index in [1.165, 1.54) is 0 Å². The number of allylic oxidation sites excluding steroid dienone is 1. The number of hydrogen-bond donors (Lipinski definition) is 1. The van der Waals surface area contributed by atoms with Crippen LogP contribution < -0.4 is 5.32 Å². The Kier molecular flexibility index (Phi) is 5.46. The minimum atomic E-state index is -0.466. The first kappa shape index (κ1) is 15.8. The summed E-state index contributed by atoms with van der Waals surface area (Å²) in [5.74, 6) is 0. The van der Waals surface area contributed by atoms with E-state index in [0.717, 1.165) is 5.57 Å². The number of rotatable bonds is 3. The van der Waals surface area contributed by atoms with E-state index >= 15 is 0 Å². The van der Waals surface area contributed by atoms with Crippen LogP contribution in [0.1, 0.15) is 41.5 Å². The molecule has 0 rings (SSSR count). The molecule has 0 saturated heterocycles. The van der Waals surface area contributed by atoms with Crippen molar-refractivity contribution in [1.29, 1.82) is 0 Å². The summed E-state index contributed by atoms with van der Waals surface area (Å²) in [7, 11) is 0. The van der Waals surface area contributed by atoms with Crippen molar-refractivity contribution in [3.05, 3.63) is 24.3 Å². The van der Waals surface area contributed by atoms with E-state index in [1.807, 2.05) is 26.8 Å². The van der Waals surface area contributed by atoms with Gasteiger partial charge in [0.15, 0.2) is 0 Å². The van der Waals surface area contributed by atoms with Gasteiger partial charge in [-0.15, -0.1) is 0 Å². The van der Waals surface area contributed by atoms with E-state index in [-0.39, 0.29) is 5.41 Å². The van der Waals surface area contributed by atoms with Crippen LogP contribution in [0.5, 0.6) is 0 Å². The maximum absolute atomic E-state index is 11.4. The zero-order chi connectivity index (χ0) is 13.7. The molecule has 0 aliphatic carbocycles. The Bertz CT molecular complexity index is 303. The first-order chi connectivity index (χ1) is 7.49. The molecule has 0 saturated carbocycles. The van der Waals surface area contributed by atoms with E-state index in [4.69, 9.17) is 4.74 Å². The monoisotopic (exact) mass is 239 g/mol. The SMILES string of the molecule is C=C(/C=C\C(C)(C)C)CNC(=O)OC(C)(C)C. The Hall–Kier alpha value is -1.25. The lowest BCUT2D eigenvalue weighted by Crippen LogP contribution is -2.33. The number of alkyl carbamates (subject to hydrolysis) is 1. The highest BCUT2D eigenvalue weighted by Gasteiger charge is 2.15. The molecule has 0 aromatic carbocycles. The summed E-state index contributed by atoms with van der Waals surface area (Å²) in [4.78, 5) is 11.4. The fourth-order valence-corrected chi connectivity index (χ4v) is 0.927. The van der Waals surface area contributed by atoms with Gasteiger partial charge < -0.3 is 10.1 Å². The quantitative estimate of drug-likeness (QED) is 0.763. The number of hydrogen-bond acceptors (Lipinski definition) is 2. The molecule has 3 nitrogen and oxygen atoms in total. The second kappa shape index (κ2) is 5.89. The molecule has 0 aromatic heterocycles. The maximum atomic E-state index is 11.4. The van der Waals surface area contributed by atoms with Crippen LogP contribution in [0, 0.1) is 5.41 Å². The summed E-state index contributed by atoms with van der Waals surface area (Å²) in [6, 6.07) is 0. The molecular weight excluding hydrogens is 214 g/mol. The normalized spacial score (nSPS) is 12.6. The molecule has 0 heterocycles. The van der Waals surface area contributed by atoms with E-state index in [1.54, 1.807) is 0 Å². The van der Waals surface area contributed by atoms with Crippen molar-refractivity contribution in [2.75, 3.05) is 6.54 Å². The second-order valence-electron chi connectivity index (χ2n) is 6.21. The van der Waals surface area contributed by atoms with Gasteiger partial charge in [-0.3, -0.25) is 0 Å². The van der Waals surface area contributed by atoms with Crippen molar-refractivity contribution in [1.82, 2.24) is 5.32 Å². The number of ether oxygens (including phenoxy) is 1. The Balaban J connectivity index is 4.02. The molecular formula is C14H25NO2. The van der Waals surface area contributed by atoms with E-state index in [9.17, 15) is 4.79 Å². The zero-order valence-corrected chi connectivity index (χ0v) is 11.9. The van der Waals surface area contributed by atoms with Crippen LogP contribution in [0.25, 0.3) is 0 Å². The summed E-state index contributed by atoms with van der Waals surface area (Å²) in [5, 5.41) is 2.66. The molecule has 0 spiro atoms. The number of amides is 1. The molecule has 0 fully saturated rings. The van der Waals surface area contributed by atoms with Gasteiger partial charge in [-0.1, -0.05) is 39.5 Å². The lowest BCUT2D eigenvalue weighted by molar-refractivity contribution is 0.0533. The van der Waals surface area contributed by atoms with Crippen LogP contribution in [0.15, 0.2) is 24.3 Å². The van der Waals surface area contributed by atoms with Gasteiger partial charge in [0.25, 0.3) is 0 Å². The molecule has 98 valence electrons. The molecule has 0 bridgehead atoms. The number of nitrogens with one attached hydrogen (secondary N) is 1. The topological polar surface area (TPSA) is 38.3 Å². The minimum absolute atomic E-state index is 0.120. The van der Waals surface area contributed by atoms with Crippen LogP contribution in [0.4, 0.5) is 4.79 Å². The largest absolute Gasteiger partial charge is 0.444 e. The molecule has 17 heavy (non-hydrogen) atoms. The molecule has 0 unspecified atom stereocenters. The lowest BCUT2D eigenvalue weighted by Gasteiger charge is -2.19. The molecule has 0 aliphatic rings. The second-order valence-corrected chi connectivity index (χ2v) is 6.21. The summed E-state index contributed by atoms with van der Waals surface area (Å²) in [6.45, 7) is 16.1. The van der Waals surface area contributed by atoms with Crippen LogP contribution in [-0.2, 0) is 4.74 Å². The van der Waals surface area contributed by atoms with Crippen molar-refractivity contribution >= 4 is 6.09 Å². The highest BCUT2D eigenvalue weighted by molar-refractivity contribution is 5.68. The van der Waals surface area contributed by atoms with Gasteiger partial charge in [-0.25, -0.2) is 4.79 Å². The van der Waals surface area contributed by atoms with Gasteiger partial charge >= 0.3 is 6.09 Å². The van der Waals surface area contributed by atoms with Crippen LogP contribution in [-0.4, -0.2) is 18.2 Å². The zero-order valence-electron chi connectivity index (χ0n) is 11.9. The molecule has 3 heteroatoms. The van der Waals surface area contributed by atoms with Crippen molar-refractivity contribution in [2.24, 2.45) is 5.41 Å². The Morgan fingerprint density at radius 3 is 2.18 bits per heavy atom. The molecule has 0 atom stereocenters. The minimum Gasteiger partial charge on any atom is -0.444 e. The fraction of sp³-hybridized carbons (Fsp3) is 0.643. The third-order valence-corrected chi connectivity index (χ3v) is 1.68. The van der Waals surface area contributed by atoms with Crippen LogP contribution in [0.2, 0.25) is 0 Å². The smallest absolute Gasteiger partial charge is 0.407 e. The average molecular weight is 239 g/mol. The average Bonchev–Trinajstić information content (AvgIpc) is 2.07. The van der Waals surface area contributed by atoms with Crippen molar-refractivity contribution in [3.8, 4) is 0 Å². The van der Waals surface area contributed by atoms with Crippen LogP contribution >= 0.6 is 0 Å². The Labute approximate surface area is 105 Å². The fourth-order valence-electron chi connectivity index (χ4n) is 0.927. The standard InChI is InChI=1S/C14H25NO2/c1-11(8-9-13(2,3)4)10-15-12(16)17-14(5,6)7/h8-9H,1,10H2,2-7H3,(H,15,16)/b9-8-. The van der Waals surface area contributed by atoms with Crippen LogP contribution in [0.3, 0.4) is 0 Å². The lowest BCUT2D eigenvalue weighted by atomic mass is 9.95. The van der Waals surface area contributed by atoms with Gasteiger partial charge in [0.2, 0.25) is 0 Å². The summed E-state index contributed by atoms with van der Waals surface area (Å²) in [6.07, 6.45) is 3.58. The highest BCUT2D eigenvalue weighted by Crippen LogP contribution is 2.15. The van der Waals surface area contributed by atoms with Crippen molar-refractivity contribution in [3.63, 3.8) is 0 Å². The van der Waals surface area contributed by atoms with Gasteiger partial charge in [0.1, 0.15) is 5.60 Å². The third-order valence-electron chi connectivity index (χ3n) is 1.68.